The van der Waals surface area contributed by atoms with E-state index < -0.39 is 29.9 Å². The Balaban J connectivity index is 2.13. The molecule has 1 aromatic heterocycles. The van der Waals surface area contributed by atoms with Gasteiger partial charge in [-0.25, -0.2) is 0 Å². The van der Waals surface area contributed by atoms with Crippen molar-refractivity contribution in [3.8, 4) is 0 Å². The molecule has 2 atom stereocenters. The van der Waals surface area contributed by atoms with Crippen molar-refractivity contribution in [3.63, 3.8) is 0 Å². The minimum atomic E-state index is -5.04. The lowest BCUT2D eigenvalue weighted by molar-refractivity contribution is -0.273. The van der Waals surface area contributed by atoms with Gasteiger partial charge in [0, 0.05) is 7.11 Å². The van der Waals surface area contributed by atoms with E-state index in [0.29, 0.717) is 0 Å². The predicted molar refractivity (Wildman–Crippen MR) is 74.5 cm³/mol. The number of carbonyl (C=O) groups excluding carboxylic acids is 1. The number of aliphatic hydroxyl groups is 1. The first-order chi connectivity index (χ1) is 10.7. The number of furan rings is 1. The number of aryl methyl sites for hydroxylation is 1. The lowest BCUT2D eigenvalue weighted by Gasteiger charge is -2.29. The van der Waals surface area contributed by atoms with E-state index in [1.54, 1.807) is 0 Å². The largest absolute Gasteiger partial charge is 0.463 e. The third kappa shape index (κ3) is 4.06. The number of amides is 1. The van der Waals surface area contributed by atoms with E-state index in [2.05, 4.69) is 5.32 Å². The number of methoxy groups -OCH3 is 1. The molecule has 0 aliphatic heterocycles. The maximum atomic E-state index is 13.3. The quantitative estimate of drug-likeness (QED) is 0.802. The zero-order valence-electron chi connectivity index (χ0n) is 12.9. The van der Waals surface area contributed by atoms with Crippen molar-refractivity contribution in [1.29, 1.82) is 0 Å². The van der Waals surface area contributed by atoms with E-state index in [4.69, 9.17) is 9.15 Å². The van der Waals surface area contributed by atoms with Gasteiger partial charge in [-0.05, 0) is 37.8 Å². The first kappa shape index (κ1) is 17.8. The monoisotopic (exact) mass is 335 g/mol. The minimum Gasteiger partial charge on any atom is -0.463 e. The Morgan fingerprint density at radius 1 is 1.48 bits per heavy atom. The lowest BCUT2D eigenvalue weighted by atomic mass is 9.95. The molecule has 23 heavy (non-hydrogen) atoms. The van der Waals surface area contributed by atoms with Crippen molar-refractivity contribution in [2.75, 3.05) is 13.7 Å². The van der Waals surface area contributed by atoms with Gasteiger partial charge < -0.3 is 19.6 Å². The fourth-order valence-electron chi connectivity index (χ4n) is 2.45. The molecule has 0 radical (unpaired) electrons. The van der Waals surface area contributed by atoms with Gasteiger partial charge in [0.2, 0.25) is 11.5 Å². The van der Waals surface area contributed by atoms with Crippen LogP contribution >= 0.6 is 0 Å². The highest BCUT2D eigenvalue weighted by Crippen LogP contribution is 2.42. The van der Waals surface area contributed by atoms with Crippen LogP contribution in [0.25, 0.3) is 0 Å². The summed E-state index contributed by atoms with van der Waals surface area (Å²) in [6.45, 7) is 1.68. The van der Waals surface area contributed by atoms with Crippen LogP contribution in [0.4, 0.5) is 13.2 Å². The molecule has 2 rings (SSSR count). The Bertz CT molecular complexity index is 553. The summed E-state index contributed by atoms with van der Waals surface area (Å²) in [4.78, 5) is 12.0. The van der Waals surface area contributed by atoms with Crippen molar-refractivity contribution in [3.05, 3.63) is 23.7 Å². The van der Waals surface area contributed by atoms with E-state index in [0.717, 1.165) is 18.9 Å². The van der Waals surface area contributed by atoms with Crippen molar-refractivity contribution in [1.82, 2.24) is 5.32 Å². The standard InChI is InChI=1S/C15H20F3NO4/c1-9-3-6-12(23-9)14(21,15(16,17)18)7-13(20)19-11(8-22-2)10-4-5-10/h3,6,10-11,21H,4-5,7-8H2,1-2H3,(H,19,20). The van der Waals surface area contributed by atoms with Gasteiger partial charge in [0.25, 0.3) is 0 Å². The van der Waals surface area contributed by atoms with Crippen molar-refractivity contribution >= 4 is 5.91 Å². The highest BCUT2D eigenvalue weighted by molar-refractivity contribution is 5.77. The average molecular weight is 335 g/mol. The molecule has 1 amide bonds. The molecule has 2 N–H and O–H groups in total. The van der Waals surface area contributed by atoms with Crippen LogP contribution in [0.5, 0.6) is 0 Å². The summed E-state index contributed by atoms with van der Waals surface area (Å²) in [5.41, 5.74) is -3.35. The topological polar surface area (TPSA) is 71.7 Å². The van der Waals surface area contributed by atoms with Crippen molar-refractivity contribution in [2.24, 2.45) is 5.92 Å². The molecule has 1 aliphatic carbocycles. The van der Waals surface area contributed by atoms with Gasteiger partial charge in [0.15, 0.2) is 0 Å². The molecule has 0 saturated heterocycles. The van der Waals surface area contributed by atoms with Gasteiger partial charge in [0.05, 0.1) is 19.1 Å². The van der Waals surface area contributed by atoms with E-state index in [1.165, 1.54) is 20.1 Å². The lowest BCUT2D eigenvalue weighted by Crippen LogP contribution is -2.48. The summed E-state index contributed by atoms with van der Waals surface area (Å²) >= 11 is 0. The first-order valence-electron chi connectivity index (χ1n) is 7.31. The molecule has 1 saturated carbocycles. The predicted octanol–water partition coefficient (Wildman–Crippen LogP) is 2.27. The van der Waals surface area contributed by atoms with E-state index in [-0.39, 0.29) is 24.3 Å². The molecule has 1 fully saturated rings. The molecule has 2 unspecified atom stereocenters. The van der Waals surface area contributed by atoms with E-state index in [1.807, 2.05) is 0 Å². The Hall–Kier alpha value is -1.54. The fourth-order valence-corrected chi connectivity index (χ4v) is 2.45. The van der Waals surface area contributed by atoms with Crippen molar-refractivity contribution < 1.29 is 32.2 Å². The number of alkyl halides is 3. The normalized spacial score (nSPS) is 19.2. The highest BCUT2D eigenvalue weighted by atomic mass is 19.4. The second-order valence-corrected chi connectivity index (χ2v) is 5.91. The summed E-state index contributed by atoms with van der Waals surface area (Å²) in [7, 11) is 1.46. The Kier molecular flexibility index (Phi) is 5.05. The maximum absolute atomic E-state index is 13.3. The maximum Gasteiger partial charge on any atom is 0.425 e. The molecule has 130 valence electrons. The van der Waals surface area contributed by atoms with Gasteiger partial charge in [-0.2, -0.15) is 13.2 Å². The number of rotatable bonds is 7. The Morgan fingerprint density at radius 3 is 2.57 bits per heavy atom. The zero-order valence-corrected chi connectivity index (χ0v) is 12.9. The molecule has 1 aromatic rings. The van der Waals surface area contributed by atoms with Crippen LogP contribution in [0.2, 0.25) is 0 Å². The Labute approximate surface area is 131 Å². The van der Waals surface area contributed by atoms with Crippen LogP contribution < -0.4 is 5.32 Å². The molecule has 8 heteroatoms. The molecule has 0 bridgehead atoms. The molecule has 0 aromatic carbocycles. The molecule has 1 aliphatic rings. The molecular formula is C15H20F3NO4. The minimum absolute atomic E-state index is 0.212. The van der Waals surface area contributed by atoms with Gasteiger partial charge >= 0.3 is 6.18 Å². The van der Waals surface area contributed by atoms with Crippen LogP contribution in [0.1, 0.15) is 30.8 Å². The second kappa shape index (κ2) is 6.52. The first-order valence-corrected chi connectivity index (χ1v) is 7.31. The second-order valence-electron chi connectivity index (χ2n) is 5.91. The number of nitrogens with one attached hydrogen (secondary N) is 1. The Morgan fingerprint density at radius 2 is 2.13 bits per heavy atom. The van der Waals surface area contributed by atoms with Crippen LogP contribution in [0.3, 0.4) is 0 Å². The van der Waals surface area contributed by atoms with Gasteiger partial charge in [-0.3, -0.25) is 4.79 Å². The van der Waals surface area contributed by atoms with Gasteiger partial charge in [-0.15, -0.1) is 0 Å². The van der Waals surface area contributed by atoms with E-state index >= 15 is 0 Å². The van der Waals surface area contributed by atoms with Crippen LogP contribution in [-0.4, -0.2) is 36.9 Å². The molecule has 5 nitrogen and oxygen atoms in total. The molecular weight excluding hydrogens is 315 g/mol. The highest BCUT2D eigenvalue weighted by Gasteiger charge is 2.58. The van der Waals surface area contributed by atoms with Crippen LogP contribution in [0.15, 0.2) is 16.5 Å². The third-order valence-corrected chi connectivity index (χ3v) is 3.92. The summed E-state index contributed by atoms with van der Waals surface area (Å²) in [5, 5.41) is 12.6. The van der Waals surface area contributed by atoms with E-state index in [9.17, 15) is 23.1 Å². The van der Waals surface area contributed by atoms with Gasteiger partial charge in [-0.1, -0.05) is 0 Å². The number of carbonyl (C=O) groups is 1. The summed E-state index contributed by atoms with van der Waals surface area (Å²) in [6, 6.07) is 1.99. The summed E-state index contributed by atoms with van der Waals surface area (Å²) < 4.78 is 49.8. The number of hydrogen-bond acceptors (Lipinski definition) is 4. The number of halogens is 3. The van der Waals surface area contributed by atoms with Gasteiger partial charge in [0.1, 0.15) is 11.5 Å². The number of hydrogen-bond donors (Lipinski definition) is 2. The van der Waals surface area contributed by atoms with Crippen molar-refractivity contribution in [2.45, 2.75) is 44.0 Å². The zero-order chi connectivity index (χ0) is 17.3. The summed E-state index contributed by atoms with van der Waals surface area (Å²) in [5.74, 6) is -1.15. The average Bonchev–Trinajstić information content (AvgIpc) is 3.18. The molecule has 1 heterocycles. The van der Waals surface area contributed by atoms with Crippen LogP contribution in [-0.2, 0) is 15.1 Å². The SMILES string of the molecule is COCC(NC(=O)CC(O)(c1ccc(C)o1)C(F)(F)F)C1CC1. The molecule has 0 spiro atoms. The smallest absolute Gasteiger partial charge is 0.425 e. The fraction of sp³-hybridized carbons (Fsp3) is 0.667. The number of ether oxygens (including phenoxy) is 1. The third-order valence-electron chi connectivity index (χ3n) is 3.92. The van der Waals surface area contributed by atoms with Crippen LogP contribution in [0, 0.1) is 12.8 Å². The summed E-state index contributed by atoms with van der Waals surface area (Å²) in [6.07, 6.45) is -4.40.